The Labute approximate surface area is 166 Å². The first-order valence-corrected chi connectivity index (χ1v) is 10.1. The van der Waals surface area contributed by atoms with Gasteiger partial charge in [-0.25, -0.2) is 0 Å². The lowest BCUT2D eigenvalue weighted by Gasteiger charge is -2.36. The Hall–Kier alpha value is -2.66. The molecule has 146 valence electrons. The van der Waals surface area contributed by atoms with Crippen LogP contribution in [0.15, 0.2) is 48.5 Å². The highest BCUT2D eigenvalue weighted by atomic mass is 16.2. The van der Waals surface area contributed by atoms with Crippen LogP contribution in [-0.2, 0) is 0 Å². The molecule has 0 aliphatic carbocycles. The summed E-state index contributed by atoms with van der Waals surface area (Å²) < 4.78 is 0. The monoisotopic (exact) mass is 377 g/mol. The lowest BCUT2D eigenvalue weighted by Crippen LogP contribution is -2.46. The summed E-state index contributed by atoms with van der Waals surface area (Å²) in [5, 5.41) is 0. The maximum atomic E-state index is 12.4. The third-order valence-corrected chi connectivity index (χ3v) is 5.72. The molecule has 28 heavy (non-hydrogen) atoms. The third kappa shape index (κ3) is 3.80. The molecule has 2 heterocycles. The number of aryl methyl sites for hydroxylation is 1. The molecule has 5 nitrogen and oxygen atoms in total. The van der Waals surface area contributed by atoms with Gasteiger partial charge in [-0.15, -0.1) is 0 Å². The van der Waals surface area contributed by atoms with Crippen LogP contribution in [0.1, 0.15) is 39.1 Å². The Morgan fingerprint density at radius 3 is 2.07 bits per heavy atom. The van der Waals surface area contributed by atoms with E-state index in [0.29, 0.717) is 17.7 Å². The van der Waals surface area contributed by atoms with Crippen LogP contribution in [0.3, 0.4) is 0 Å². The van der Waals surface area contributed by atoms with Gasteiger partial charge in [0.2, 0.25) is 0 Å². The van der Waals surface area contributed by atoms with Crippen molar-refractivity contribution >= 4 is 17.5 Å². The summed E-state index contributed by atoms with van der Waals surface area (Å²) in [6.45, 7) is 7.86. The molecule has 0 spiro atoms. The second-order valence-corrected chi connectivity index (χ2v) is 7.68. The number of amides is 2. The number of hydrogen-bond donors (Lipinski definition) is 0. The lowest BCUT2D eigenvalue weighted by molar-refractivity contribution is 0.0650. The second kappa shape index (κ2) is 8.15. The van der Waals surface area contributed by atoms with Gasteiger partial charge in [0.05, 0.1) is 11.1 Å². The van der Waals surface area contributed by atoms with E-state index in [1.54, 1.807) is 12.1 Å². The fraction of sp³-hybridized carbons (Fsp3) is 0.391. The van der Waals surface area contributed by atoms with Gasteiger partial charge in [0.1, 0.15) is 0 Å². The van der Waals surface area contributed by atoms with Gasteiger partial charge in [0, 0.05) is 38.4 Å². The molecule has 0 saturated carbocycles. The van der Waals surface area contributed by atoms with Gasteiger partial charge in [0.15, 0.2) is 0 Å². The minimum Gasteiger partial charge on any atom is -0.369 e. The fourth-order valence-electron chi connectivity index (χ4n) is 4.10. The van der Waals surface area contributed by atoms with Crippen molar-refractivity contribution in [2.24, 2.45) is 0 Å². The first-order valence-electron chi connectivity index (χ1n) is 10.1. The molecule has 1 fully saturated rings. The van der Waals surface area contributed by atoms with Crippen LogP contribution < -0.4 is 4.90 Å². The SMILES string of the molecule is Cc1cccc(N2CCN(CCCCN3C(=O)c4ccccc4C3=O)CC2)c1. The minimum atomic E-state index is -0.146. The highest BCUT2D eigenvalue weighted by molar-refractivity contribution is 6.21. The maximum Gasteiger partial charge on any atom is 0.261 e. The average Bonchev–Trinajstić information content (AvgIpc) is 2.96. The van der Waals surface area contributed by atoms with Crippen molar-refractivity contribution in [2.75, 3.05) is 44.2 Å². The number of anilines is 1. The average molecular weight is 377 g/mol. The number of rotatable bonds is 6. The zero-order chi connectivity index (χ0) is 19.5. The van der Waals surface area contributed by atoms with Crippen LogP contribution in [0.4, 0.5) is 5.69 Å². The molecule has 0 N–H and O–H groups in total. The molecule has 5 heteroatoms. The number of piperazine rings is 1. The van der Waals surface area contributed by atoms with Crippen LogP contribution in [0.2, 0.25) is 0 Å². The summed E-state index contributed by atoms with van der Waals surface area (Å²) in [5.41, 5.74) is 3.69. The Morgan fingerprint density at radius 1 is 0.786 bits per heavy atom. The summed E-state index contributed by atoms with van der Waals surface area (Å²) in [4.78, 5) is 31.1. The number of fused-ring (bicyclic) bond motifs is 1. The zero-order valence-electron chi connectivity index (χ0n) is 16.4. The molecule has 0 radical (unpaired) electrons. The molecular weight excluding hydrogens is 350 g/mol. The summed E-state index contributed by atoms with van der Waals surface area (Å²) in [7, 11) is 0. The number of unbranched alkanes of at least 4 members (excludes halogenated alkanes) is 1. The molecule has 0 unspecified atom stereocenters. The van der Waals surface area contributed by atoms with Crippen LogP contribution in [0.25, 0.3) is 0 Å². The summed E-state index contributed by atoms with van der Waals surface area (Å²) >= 11 is 0. The van der Waals surface area contributed by atoms with E-state index < -0.39 is 0 Å². The molecule has 0 aromatic heterocycles. The van der Waals surface area contributed by atoms with E-state index in [2.05, 4.69) is 41.0 Å². The van der Waals surface area contributed by atoms with Crippen LogP contribution in [0, 0.1) is 6.92 Å². The van der Waals surface area contributed by atoms with E-state index in [-0.39, 0.29) is 11.8 Å². The van der Waals surface area contributed by atoms with E-state index in [1.165, 1.54) is 16.2 Å². The van der Waals surface area contributed by atoms with Crippen molar-refractivity contribution in [3.05, 3.63) is 65.2 Å². The van der Waals surface area contributed by atoms with E-state index in [0.717, 1.165) is 45.6 Å². The molecule has 4 rings (SSSR count). The number of imide groups is 1. The van der Waals surface area contributed by atoms with Crippen molar-refractivity contribution in [2.45, 2.75) is 19.8 Å². The molecule has 0 bridgehead atoms. The first kappa shape index (κ1) is 18.7. The van der Waals surface area contributed by atoms with Gasteiger partial charge in [0.25, 0.3) is 11.8 Å². The first-order chi connectivity index (χ1) is 13.6. The third-order valence-electron chi connectivity index (χ3n) is 5.72. The Kier molecular flexibility index (Phi) is 5.44. The van der Waals surface area contributed by atoms with Crippen LogP contribution >= 0.6 is 0 Å². The number of carbonyl (C=O) groups is 2. The topological polar surface area (TPSA) is 43.9 Å². The van der Waals surface area contributed by atoms with Crippen molar-refractivity contribution in [3.8, 4) is 0 Å². The van der Waals surface area contributed by atoms with Crippen LogP contribution in [-0.4, -0.2) is 60.9 Å². The predicted molar refractivity (Wildman–Crippen MR) is 111 cm³/mol. The van der Waals surface area contributed by atoms with Gasteiger partial charge in [-0.05, 0) is 56.1 Å². The largest absolute Gasteiger partial charge is 0.369 e. The Morgan fingerprint density at radius 2 is 1.43 bits per heavy atom. The van der Waals surface area contributed by atoms with Gasteiger partial charge in [-0.2, -0.15) is 0 Å². The van der Waals surface area contributed by atoms with Crippen LogP contribution in [0.5, 0.6) is 0 Å². The van der Waals surface area contributed by atoms with E-state index in [1.807, 2.05) is 12.1 Å². The molecular formula is C23H27N3O2. The number of nitrogens with zero attached hydrogens (tertiary/aromatic N) is 3. The standard InChI is InChI=1S/C23H27N3O2/c1-18-7-6-8-19(17-18)25-15-13-24(14-16-25)11-4-5-12-26-22(27)20-9-2-3-10-21(20)23(26)28/h2-3,6-10,17H,4-5,11-16H2,1H3. The van der Waals surface area contributed by atoms with Gasteiger partial charge < -0.3 is 4.90 Å². The van der Waals surface area contributed by atoms with E-state index in [9.17, 15) is 9.59 Å². The second-order valence-electron chi connectivity index (χ2n) is 7.68. The number of hydrogen-bond acceptors (Lipinski definition) is 4. The zero-order valence-corrected chi connectivity index (χ0v) is 16.4. The Balaban J connectivity index is 1.20. The summed E-state index contributed by atoms with van der Waals surface area (Å²) in [6.07, 6.45) is 1.85. The molecule has 2 amide bonds. The molecule has 2 aliphatic heterocycles. The van der Waals surface area contributed by atoms with Crippen molar-refractivity contribution < 1.29 is 9.59 Å². The molecule has 1 saturated heterocycles. The van der Waals surface area contributed by atoms with E-state index in [4.69, 9.17) is 0 Å². The summed E-state index contributed by atoms with van der Waals surface area (Å²) in [6, 6.07) is 15.8. The maximum absolute atomic E-state index is 12.4. The van der Waals surface area contributed by atoms with Gasteiger partial charge in [-0.3, -0.25) is 19.4 Å². The number of benzene rings is 2. The fourth-order valence-corrected chi connectivity index (χ4v) is 4.10. The van der Waals surface area contributed by atoms with Crippen molar-refractivity contribution in [1.29, 1.82) is 0 Å². The highest BCUT2D eigenvalue weighted by Crippen LogP contribution is 2.23. The highest BCUT2D eigenvalue weighted by Gasteiger charge is 2.34. The van der Waals surface area contributed by atoms with Gasteiger partial charge in [-0.1, -0.05) is 24.3 Å². The Bertz CT molecular complexity index is 837. The van der Waals surface area contributed by atoms with Gasteiger partial charge >= 0.3 is 0 Å². The molecule has 2 aliphatic rings. The van der Waals surface area contributed by atoms with Crippen molar-refractivity contribution in [1.82, 2.24) is 9.80 Å². The lowest BCUT2D eigenvalue weighted by atomic mass is 10.1. The predicted octanol–water partition coefficient (Wildman–Crippen LogP) is 3.19. The molecule has 0 atom stereocenters. The van der Waals surface area contributed by atoms with E-state index >= 15 is 0 Å². The number of carbonyl (C=O) groups excluding carboxylic acids is 2. The minimum absolute atomic E-state index is 0.146. The normalized spacial score (nSPS) is 17.3. The van der Waals surface area contributed by atoms with Crippen molar-refractivity contribution in [3.63, 3.8) is 0 Å². The quantitative estimate of drug-likeness (QED) is 0.573. The smallest absolute Gasteiger partial charge is 0.261 e. The molecule has 2 aromatic rings. The summed E-state index contributed by atoms with van der Waals surface area (Å²) in [5.74, 6) is -0.292. The molecule has 2 aromatic carbocycles.